The van der Waals surface area contributed by atoms with E-state index in [4.69, 9.17) is 14.7 Å². The molecular formula is C44H52N6O4. The monoisotopic (exact) mass is 728 g/mol. The van der Waals surface area contributed by atoms with Crippen molar-refractivity contribution in [1.82, 2.24) is 29.7 Å². The highest BCUT2D eigenvalue weighted by molar-refractivity contribution is 5.92. The summed E-state index contributed by atoms with van der Waals surface area (Å²) in [4.78, 5) is 60.5. The number of ether oxygens (including phenoxy) is 1. The number of aromatic nitrogens is 4. The number of amides is 2. The molecule has 1 aliphatic carbocycles. The minimum absolute atomic E-state index is 0.0104. The van der Waals surface area contributed by atoms with Crippen molar-refractivity contribution >= 4 is 39.6 Å². The van der Waals surface area contributed by atoms with Gasteiger partial charge >= 0.3 is 5.97 Å². The van der Waals surface area contributed by atoms with E-state index in [1.54, 1.807) is 0 Å². The number of benzene rings is 3. The van der Waals surface area contributed by atoms with Crippen LogP contribution in [0.25, 0.3) is 44.2 Å². The molecule has 3 aliphatic rings. The SMILES string of the molecule is COC(=O)C[C@H](C(=O)N1[C@@H]2CC[C@@H](C2)[C@H]1c1nc2ccc(-c3ccc4cc(-c5cnc([C@@H]6CCCN6C(=O)[C@@H](C)C(C)C)[nH]5)ccc4c3)cc2[nH]1)C(C)C. The van der Waals surface area contributed by atoms with E-state index in [9.17, 15) is 14.4 Å². The van der Waals surface area contributed by atoms with Crippen molar-refractivity contribution < 1.29 is 19.1 Å². The van der Waals surface area contributed by atoms with Gasteiger partial charge in [-0.3, -0.25) is 14.4 Å². The zero-order valence-electron chi connectivity index (χ0n) is 32.3. The smallest absolute Gasteiger partial charge is 0.306 e. The third-order valence-corrected chi connectivity index (χ3v) is 12.7. The van der Waals surface area contributed by atoms with E-state index in [0.29, 0.717) is 11.8 Å². The molecule has 6 atom stereocenters. The van der Waals surface area contributed by atoms with Crippen molar-refractivity contribution in [3.63, 3.8) is 0 Å². The van der Waals surface area contributed by atoms with Gasteiger partial charge in [0, 0.05) is 24.1 Å². The summed E-state index contributed by atoms with van der Waals surface area (Å²) < 4.78 is 4.95. The molecule has 4 heterocycles. The van der Waals surface area contributed by atoms with E-state index in [2.05, 4.69) is 78.4 Å². The number of aromatic amines is 2. The van der Waals surface area contributed by atoms with Gasteiger partial charge in [-0.1, -0.05) is 65.0 Å². The van der Waals surface area contributed by atoms with Crippen LogP contribution in [0.2, 0.25) is 0 Å². The summed E-state index contributed by atoms with van der Waals surface area (Å²) in [6.45, 7) is 11.0. The molecule has 54 heavy (non-hydrogen) atoms. The lowest BCUT2D eigenvalue weighted by Crippen LogP contribution is -2.45. The fraction of sp³-hybridized carbons (Fsp3) is 0.477. The molecule has 2 N–H and O–H groups in total. The van der Waals surface area contributed by atoms with Crippen molar-refractivity contribution in [1.29, 1.82) is 0 Å². The van der Waals surface area contributed by atoms with Gasteiger partial charge in [0.1, 0.15) is 11.6 Å². The van der Waals surface area contributed by atoms with Gasteiger partial charge in [0.25, 0.3) is 0 Å². The number of hydrogen-bond acceptors (Lipinski definition) is 6. The van der Waals surface area contributed by atoms with E-state index >= 15 is 0 Å². The molecule has 10 nitrogen and oxygen atoms in total. The van der Waals surface area contributed by atoms with E-state index < -0.39 is 5.92 Å². The number of fused-ring (bicyclic) bond motifs is 4. The Kier molecular flexibility index (Phi) is 9.56. The molecule has 0 radical (unpaired) electrons. The van der Waals surface area contributed by atoms with Crippen LogP contribution in [0.1, 0.15) is 96.9 Å². The Morgan fingerprint density at radius 3 is 2.30 bits per heavy atom. The van der Waals surface area contributed by atoms with Crippen LogP contribution in [0.4, 0.5) is 0 Å². The zero-order chi connectivity index (χ0) is 37.8. The Bertz CT molecular complexity index is 2220. The Balaban J connectivity index is 1.02. The van der Waals surface area contributed by atoms with Crippen LogP contribution >= 0.6 is 0 Å². The van der Waals surface area contributed by atoms with Crippen molar-refractivity contribution in [2.45, 2.75) is 91.3 Å². The highest BCUT2D eigenvalue weighted by atomic mass is 16.5. The van der Waals surface area contributed by atoms with Crippen LogP contribution in [0.3, 0.4) is 0 Å². The number of methoxy groups -OCH3 is 1. The van der Waals surface area contributed by atoms with Crippen molar-refractivity contribution in [3.8, 4) is 22.4 Å². The Labute approximate surface area is 317 Å². The molecule has 282 valence electrons. The second kappa shape index (κ2) is 14.3. The number of rotatable bonds is 10. The van der Waals surface area contributed by atoms with Crippen molar-refractivity contribution in [2.24, 2.45) is 29.6 Å². The molecular weight excluding hydrogens is 677 g/mol. The van der Waals surface area contributed by atoms with Crippen LogP contribution < -0.4 is 0 Å². The quantitative estimate of drug-likeness (QED) is 0.139. The summed E-state index contributed by atoms with van der Waals surface area (Å²) in [5.41, 5.74) is 6.03. The van der Waals surface area contributed by atoms with Crippen molar-refractivity contribution in [3.05, 3.63) is 72.4 Å². The normalized spacial score (nSPS) is 22.2. The number of carbonyl (C=O) groups excluding carboxylic acids is 3. The molecule has 3 fully saturated rings. The fourth-order valence-electron chi connectivity index (χ4n) is 9.18. The third-order valence-electron chi connectivity index (χ3n) is 12.7. The maximum Gasteiger partial charge on any atom is 0.306 e. The number of esters is 1. The maximum atomic E-state index is 14.1. The number of H-pyrrole nitrogens is 2. The van der Waals surface area contributed by atoms with E-state index in [1.165, 1.54) is 7.11 Å². The molecule has 2 saturated heterocycles. The van der Waals surface area contributed by atoms with E-state index in [0.717, 1.165) is 94.5 Å². The molecule has 8 rings (SSSR count). The summed E-state index contributed by atoms with van der Waals surface area (Å²) >= 11 is 0. The average molecular weight is 729 g/mol. The van der Waals surface area contributed by atoms with Gasteiger partial charge in [0.15, 0.2) is 0 Å². The highest BCUT2D eigenvalue weighted by Gasteiger charge is 2.51. The first kappa shape index (κ1) is 36.0. The summed E-state index contributed by atoms with van der Waals surface area (Å²) in [6, 6.07) is 19.4. The lowest BCUT2D eigenvalue weighted by atomic mass is 9.89. The molecule has 2 aliphatic heterocycles. The fourth-order valence-corrected chi connectivity index (χ4v) is 9.18. The molecule has 1 saturated carbocycles. The van der Waals surface area contributed by atoms with Gasteiger partial charge in [-0.05, 0) is 96.0 Å². The molecule has 3 aromatic carbocycles. The minimum Gasteiger partial charge on any atom is -0.469 e. The average Bonchev–Trinajstić information content (AvgIpc) is 4.03. The number of piperidine rings is 1. The van der Waals surface area contributed by atoms with Gasteiger partial charge in [0.2, 0.25) is 11.8 Å². The summed E-state index contributed by atoms with van der Waals surface area (Å²) in [5, 5.41) is 2.27. The standard InChI is InChI=1S/C44H52N6O4/c1-24(2)26(5)43(52)49-17-7-8-38(49)41-45-23-37(48-41)31-12-11-27-18-28(9-10-29(27)19-31)30-14-16-35-36(21-30)47-42(46-35)40-32-13-15-33(20-32)50(40)44(53)34(25(3)4)22-39(51)54-6/h9-12,14,16,18-19,21,23-26,32-34,38,40H,7-8,13,15,17,20,22H2,1-6H3,(H,45,48)(H,46,47)/t26-,32-,33+,34-,38-,40-/m0/s1. The Hall–Kier alpha value is -4.99. The Morgan fingerprint density at radius 1 is 0.833 bits per heavy atom. The number of imidazole rings is 2. The number of nitrogens with one attached hydrogen (secondary N) is 2. The number of likely N-dealkylation sites (tertiary alicyclic amines) is 2. The van der Waals surface area contributed by atoms with Crippen LogP contribution in [0.15, 0.2) is 60.8 Å². The summed E-state index contributed by atoms with van der Waals surface area (Å²) in [5.74, 6) is 1.82. The summed E-state index contributed by atoms with van der Waals surface area (Å²) in [6.07, 6.45) is 6.93. The van der Waals surface area contributed by atoms with Gasteiger partial charge in [-0.25, -0.2) is 9.97 Å². The first-order chi connectivity index (χ1) is 26.0. The van der Waals surface area contributed by atoms with E-state index in [-0.39, 0.29) is 54.2 Å². The van der Waals surface area contributed by atoms with Gasteiger partial charge in [-0.15, -0.1) is 0 Å². The first-order valence-electron chi connectivity index (χ1n) is 19.8. The molecule has 2 bridgehead atoms. The van der Waals surface area contributed by atoms with Gasteiger partial charge in [-0.2, -0.15) is 0 Å². The maximum absolute atomic E-state index is 14.1. The van der Waals surface area contributed by atoms with E-state index in [1.807, 2.05) is 36.8 Å². The lowest BCUT2D eigenvalue weighted by molar-refractivity contribution is -0.150. The topological polar surface area (TPSA) is 124 Å². The van der Waals surface area contributed by atoms with Gasteiger partial charge < -0.3 is 24.5 Å². The van der Waals surface area contributed by atoms with Crippen LogP contribution in [0, 0.1) is 29.6 Å². The largest absolute Gasteiger partial charge is 0.469 e. The van der Waals surface area contributed by atoms with Gasteiger partial charge in [0.05, 0.1) is 54.5 Å². The third kappa shape index (κ3) is 6.47. The predicted molar refractivity (Wildman–Crippen MR) is 210 cm³/mol. The predicted octanol–water partition coefficient (Wildman–Crippen LogP) is 8.62. The molecule has 0 unspecified atom stereocenters. The lowest BCUT2D eigenvalue weighted by Gasteiger charge is -2.37. The second-order valence-electron chi connectivity index (χ2n) is 16.6. The first-order valence-corrected chi connectivity index (χ1v) is 19.8. The van der Waals surface area contributed by atoms with Crippen LogP contribution in [-0.2, 0) is 19.1 Å². The molecule has 2 amide bonds. The molecule has 0 spiro atoms. The van der Waals surface area contributed by atoms with Crippen LogP contribution in [-0.4, -0.2) is 67.2 Å². The number of carbonyl (C=O) groups is 3. The van der Waals surface area contributed by atoms with Crippen LogP contribution in [0.5, 0.6) is 0 Å². The molecule has 5 aromatic rings. The van der Waals surface area contributed by atoms with Crippen molar-refractivity contribution in [2.75, 3.05) is 13.7 Å². The number of hydrogen-bond donors (Lipinski definition) is 2. The zero-order valence-corrected chi connectivity index (χ0v) is 32.3. The summed E-state index contributed by atoms with van der Waals surface area (Å²) in [7, 11) is 1.38. The minimum atomic E-state index is -0.422. The number of nitrogens with zero attached hydrogens (tertiary/aromatic N) is 4. The molecule has 10 heteroatoms. The highest BCUT2D eigenvalue weighted by Crippen LogP contribution is 2.51. The molecule has 2 aromatic heterocycles. The Morgan fingerprint density at radius 2 is 1.56 bits per heavy atom. The second-order valence-corrected chi connectivity index (χ2v) is 16.6.